The Kier molecular flexibility index (Phi) is 4.02. The van der Waals surface area contributed by atoms with E-state index in [9.17, 15) is 5.11 Å². The highest BCUT2D eigenvalue weighted by Crippen LogP contribution is 2.44. The standard InChI is InChI=1S/C20H21NO/c1-3-20(22)14-18(16-10-6-4-7-11-16)21(2)19(15-20)17-12-8-5-9-13-17/h1,4-13,18-19,22H,14-15H2,2H3. The first kappa shape index (κ1) is 14.8. The predicted molar refractivity (Wildman–Crippen MR) is 89.1 cm³/mol. The van der Waals surface area contributed by atoms with E-state index in [-0.39, 0.29) is 12.1 Å². The summed E-state index contributed by atoms with van der Waals surface area (Å²) in [5, 5.41) is 10.8. The maximum atomic E-state index is 10.8. The third-order valence-electron chi connectivity index (χ3n) is 4.68. The molecule has 2 nitrogen and oxygen atoms in total. The Balaban J connectivity index is 1.99. The first-order valence-corrected chi connectivity index (χ1v) is 7.65. The van der Waals surface area contributed by atoms with Gasteiger partial charge in [0.25, 0.3) is 0 Å². The second-order valence-electron chi connectivity index (χ2n) is 6.10. The van der Waals surface area contributed by atoms with Gasteiger partial charge in [0.1, 0.15) is 5.60 Å². The van der Waals surface area contributed by atoms with Gasteiger partial charge in [-0.05, 0) is 18.2 Å². The van der Waals surface area contributed by atoms with Crippen molar-refractivity contribution in [3.05, 3.63) is 71.8 Å². The van der Waals surface area contributed by atoms with E-state index in [2.05, 4.69) is 42.1 Å². The maximum absolute atomic E-state index is 10.8. The number of nitrogens with zero attached hydrogens (tertiary/aromatic N) is 1. The SMILES string of the molecule is C#CC1(O)CC(c2ccccc2)N(C)C(c2ccccc2)C1. The lowest BCUT2D eigenvalue weighted by atomic mass is 9.78. The number of rotatable bonds is 2. The molecule has 1 saturated heterocycles. The molecule has 3 rings (SSSR count). The second kappa shape index (κ2) is 5.96. The molecule has 22 heavy (non-hydrogen) atoms. The minimum atomic E-state index is -1.06. The van der Waals surface area contributed by atoms with Crippen molar-refractivity contribution in [2.75, 3.05) is 7.05 Å². The molecular weight excluding hydrogens is 270 g/mol. The summed E-state index contributed by atoms with van der Waals surface area (Å²) in [5.74, 6) is 2.63. The number of aliphatic hydroxyl groups is 1. The van der Waals surface area contributed by atoms with Gasteiger partial charge in [0.05, 0.1) is 0 Å². The van der Waals surface area contributed by atoms with Crippen LogP contribution in [-0.2, 0) is 0 Å². The highest BCUT2D eigenvalue weighted by molar-refractivity contribution is 5.28. The van der Waals surface area contributed by atoms with Crippen LogP contribution in [0, 0.1) is 12.3 Å². The summed E-state index contributed by atoms with van der Waals surface area (Å²) < 4.78 is 0. The van der Waals surface area contributed by atoms with Crippen LogP contribution in [0.1, 0.15) is 36.1 Å². The van der Waals surface area contributed by atoms with E-state index in [1.807, 2.05) is 36.4 Å². The smallest absolute Gasteiger partial charge is 0.128 e. The van der Waals surface area contributed by atoms with E-state index in [1.165, 1.54) is 11.1 Å². The molecule has 1 aliphatic rings. The molecule has 0 aliphatic carbocycles. The molecule has 112 valence electrons. The zero-order valence-electron chi connectivity index (χ0n) is 12.8. The molecule has 1 aliphatic heterocycles. The lowest BCUT2D eigenvalue weighted by molar-refractivity contribution is -0.0298. The van der Waals surface area contributed by atoms with Gasteiger partial charge in [0.15, 0.2) is 0 Å². The summed E-state index contributed by atoms with van der Waals surface area (Å²) in [6.07, 6.45) is 6.77. The summed E-state index contributed by atoms with van der Waals surface area (Å²) in [4.78, 5) is 2.33. The molecule has 1 heterocycles. The molecule has 0 saturated carbocycles. The predicted octanol–water partition coefficient (Wildman–Crippen LogP) is 3.56. The summed E-state index contributed by atoms with van der Waals surface area (Å²) >= 11 is 0. The molecule has 2 unspecified atom stereocenters. The summed E-state index contributed by atoms with van der Waals surface area (Å²) in [7, 11) is 2.12. The normalized spacial score (nSPS) is 29.0. The van der Waals surface area contributed by atoms with E-state index in [0.717, 1.165) is 0 Å². The molecule has 2 aromatic rings. The van der Waals surface area contributed by atoms with Gasteiger partial charge in [0, 0.05) is 24.9 Å². The van der Waals surface area contributed by atoms with Crippen LogP contribution in [0.5, 0.6) is 0 Å². The van der Waals surface area contributed by atoms with Crippen molar-refractivity contribution >= 4 is 0 Å². The van der Waals surface area contributed by atoms with Crippen molar-refractivity contribution in [3.63, 3.8) is 0 Å². The number of piperidine rings is 1. The Bertz CT molecular complexity index is 610. The molecule has 2 aromatic carbocycles. The van der Waals surface area contributed by atoms with Crippen LogP contribution < -0.4 is 0 Å². The Morgan fingerprint density at radius 1 is 0.955 bits per heavy atom. The van der Waals surface area contributed by atoms with Crippen molar-refractivity contribution < 1.29 is 5.11 Å². The van der Waals surface area contributed by atoms with Gasteiger partial charge < -0.3 is 5.11 Å². The first-order valence-electron chi connectivity index (χ1n) is 7.65. The van der Waals surface area contributed by atoms with E-state index >= 15 is 0 Å². The van der Waals surface area contributed by atoms with Crippen LogP contribution in [0.25, 0.3) is 0 Å². The first-order chi connectivity index (χ1) is 10.6. The van der Waals surface area contributed by atoms with Crippen molar-refractivity contribution in [2.45, 2.75) is 30.5 Å². The van der Waals surface area contributed by atoms with Crippen LogP contribution in [0.2, 0.25) is 0 Å². The maximum Gasteiger partial charge on any atom is 0.128 e. The number of hydrogen-bond donors (Lipinski definition) is 1. The Morgan fingerprint density at radius 2 is 1.36 bits per heavy atom. The summed E-state index contributed by atoms with van der Waals surface area (Å²) in [5.41, 5.74) is 1.33. The van der Waals surface area contributed by atoms with Crippen molar-refractivity contribution in [2.24, 2.45) is 0 Å². The monoisotopic (exact) mass is 291 g/mol. The molecule has 0 spiro atoms. The van der Waals surface area contributed by atoms with Crippen LogP contribution in [0.3, 0.4) is 0 Å². The Labute approximate surface area is 132 Å². The Morgan fingerprint density at radius 3 is 1.73 bits per heavy atom. The lowest BCUT2D eigenvalue weighted by Crippen LogP contribution is -2.45. The third kappa shape index (κ3) is 2.78. The zero-order chi connectivity index (χ0) is 15.6. The van der Waals surface area contributed by atoms with Gasteiger partial charge in [-0.3, -0.25) is 4.90 Å². The minimum Gasteiger partial charge on any atom is -0.377 e. The van der Waals surface area contributed by atoms with Gasteiger partial charge >= 0.3 is 0 Å². The van der Waals surface area contributed by atoms with Gasteiger partial charge in [-0.2, -0.15) is 0 Å². The molecule has 1 fully saturated rings. The van der Waals surface area contributed by atoms with Gasteiger partial charge in [0.2, 0.25) is 0 Å². The van der Waals surface area contributed by atoms with Crippen LogP contribution in [0.15, 0.2) is 60.7 Å². The van der Waals surface area contributed by atoms with Gasteiger partial charge in [-0.25, -0.2) is 0 Å². The van der Waals surface area contributed by atoms with Crippen LogP contribution >= 0.6 is 0 Å². The molecular formula is C20H21NO. The fourth-order valence-corrected chi connectivity index (χ4v) is 3.40. The zero-order valence-corrected chi connectivity index (χ0v) is 12.8. The molecule has 0 aromatic heterocycles. The molecule has 0 radical (unpaired) electrons. The second-order valence-corrected chi connectivity index (χ2v) is 6.10. The average molecular weight is 291 g/mol. The largest absolute Gasteiger partial charge is 0.377 e. The van der Waals surface area contributed by atoms with Gasteiger partial charge in [-0.1, -0.05) is 66.6 Å². The van der Waals surface area contributed by atoms with Crippen LogP contribution in [-0.4, -0.2) is 22.7 Å². The minimum absolute atomic E-state index is 0.112. The third-order valence-corrected chi connectivity index (χ3v) is 4.68. The van der Waals surface area contributed by atoms with E-state index < -0.39 is 5.60 Å². The van der Waals surface area contributed by atoms with Crippen LogP contribution in [0.4, 0.5) is 0 Å². The van der Waals surface area contributed by atoms with E-state index in [0.29, 0.717) is 12.8 Å². The fraction of sp³-hybridized carbons (Fsp3) is 0.300. The fourth-order valence-electron chi connectivity index (χ4n) is 3.40. The number of hydrogen-bond acceptors (Lipinski definition) is 2. The molecule has 1 N–H and O–H groups in total. The molecule has 0 bridgehead atoms. The average Bonchev–Trinajstić information content (AvgIpc) is 2.58. The quantitative estimate of drug-likeness (QED) is 0.855. The van der Waals surface area contributed by atoms with Gasteiger partial charge in [-0.15, -0.1) is 6.42 Å². The van der Waals surface area contributed by atoms with E-state index in [1.54, 1.807) is 0 Å². The molecule has 2 heteroatoms. The molecule has 0 amide bonds. The van der Waals surface area contributed by atoms with Crippen molar-refractivity contribution in [1.29, 1.82) is 0 Å². The van der Waals surface area contributed by atoms with Crippen molar-refractivity contribution in [3.8, 4) is 12.3 Å². The molecule has 2 atom stereocenters. The van der Waals surface area contributed by atoms with E-state index in [4.69, 9.17) is 6.42 Å². The number of terminal acetylenes is 1. The number of benzene rings is 2. The van der Waals surface area contributed by atoms with Crippen molar-refractivity contribution in [1.82, 2.24) is 4.90 Å². The highest BCUT2D eigenvalue weighted by atomic mass is 16.3. The number of likely N-dealkylation sites (tertiary alicyclic amines) is 1. The summed E-state index contributed by atoms with van der Waals surface area (Å²) in [6.45, 7) is 0. The lowest BCUT2D eigenvalue weighted by Gasteiger charge is -2.46. The highest BCUT2D eigenvalue weighted by Gasteiger charge is 2.42. The topological polar surface area (TPSA) is 23.5 Å². The summed E-state index contributed by atoms with van der Waals surface area (Å²) in [6, 6.07) is 20.8. The Hall–Kier alpha value is -2.08.